The molecule has 0 spiro atoms. The summed E-state index contributed by atoms with van der Waals surface area (Å²) in [6, 6.07) is 11.6. The number of aliphatic hydroxyl groups excluding tert-OH is 1. The van der Waals surface area contributed by atoms with Crippen molar-refractivity contribution in [3.63, 3.8) is 0 Å². The second-order valence-corrected chi connectivity index (χ2v) is 5.63. The number of rotatable bonds is 7. The van der Waals surface area contributed by atoms with E-state index in [-0.39, 0.29) is 6.10 Å². The Morgan fingerprint density at radius 3 is 2.77 bits per heavy atom. The zero-order chi connectivity index (χ0) is 15.9. The lowest BCUT2D eigenvalue weighted by Gasteiger charge is -2.15. The molecule has 0 saturated carbocycles. The lowest BCUT2D eigenvalue weighted by Crippen LogP contribution is -2.21. The molecular formula is C18H24N2O2. The number of hydrogen-bond acceptors (Lipinski definition) is 4. The van der Waals surface area contributed by atoms with Crippen LogP contribution in [0, 0.1) is 6.92 Å². The van der Waals surface area contributed by atoms with Crippen LogP contribution in [0.15, 0.2) is 42.6 Å². The molecule has 0 saturated heterocycles. The van der Waals surface area contributed by atoms with E-state index in [1.807, 2.05) is 57.2 Å². The fraction of sp³-hybridized carbons (Fsp3) is 0.389. The van der Waals surface area contributed by atoms with Crippen molar-refractivity contribution in [1.82, 2.24) is 10.3 Å². The summed E-state index contributed by atoms with van der Waals surface area (Å²) in [6.07, 6.45) is 1.35. The molecule has 0 aliphatic carbocycles. The van der Waals surface area contributed by atoms with Gasteiger partial charge in [0.25, 0.3) is 0 Å². The van der Waals surface area contributed by atoms with Crippen molar-refractivity contribution >= 4 is 0 Å². The Bertz CT molecular complexity index is 599. The van der Waals surface area contributed by atoms with Crippen molar-refractivity contribution < 1.29 is 9.84 Å². The van der Waals surface area contributed by atoms with Crippen LogP contribution in [0.1, 0.15) is 36.8 Å². The molecule has 1 atom stereocenters. The molecule has 22 heavy (non-hydrogen) atoms. The monoisotopic (exact) mass is 300 g/mol. The summed E-state index contributed by atoms with van der Waals surface area (Å²) in [5.41, 5.74) is 3.01. The molecule has 0 bridgehead atoms. The maximum atomic E-state index is 10.3. The van der Waals surface area contributed by atoms with Crippen molar-refractivity contribution in [2.45, 2.75) is 39.5 Å². The number of hydrogen-bond donors (Lipinski definition) is 2. The fourth-order valence-corrected chi connectivity index (χ4v) is 2.23. The highest BCUT2D eigenvalue weighted by Crippen LogP contribution is 2.20. The van der Waals surface area contributed by atoms with Gasteiger partial charge in [-0.3, -0.25) is 4.98 Å². The Morgan fingerprint density at radius 1 is 1.23 bits per heavy atom. The molecule has 0 radical (unpaired) electrons. The SMILES string of the molecule is Cc1ncccc1CNCC(O)c1cccc(OC(C)C)c1. The van der Waals surface area contributed by atoms with E-state index >= 15 is 0 Å². The van der Waals surface area contributed by atoms with Crippen LogP contribution >= 0.6 is 0 Å². The van der Waals surface area contributed by atoms with Crippen molar-refractivity contribution in [2.24, 2.45) is 0 Å². The predicted octanol–water partition coefficient (Wildman–Crippen LogP) is 3.00. The molecule has 0 amide bonds. The van der Waals surface area contributed by atoms with E-state index in [1.54, 1.807) is 6.20 Å². The van der Waals surface area contributed by atoms with Gasteiger partial charge < -0.3 is 15.2 Å². The first-order valence-corrected chi connectivity index (χ1v) is 7.62. The second-order valence-electron chi connectivity index (χ2n) is 5.63. The van der Waals surface area contributed by atoms with Gasteiger partial charge in [0.2, 0.25) is 0 Å². The number of pyridine rings is 1. The smallest absolute Gasteiger partial charge is 0.120 e. The van der Waals surface area contributed by atoms with E-state index in [1.165, 1.54) is 0 Å². The first-order valence-electron chi connectivity index (χ1n) is 7.62. The minimum absolute atomic E-state index is 0.124. The molecule has 0 aliphatic rings. The Morgan fingerprint density at radius 2 is 2.05 bits per heavy atom. The van der Waals surface area contributed by atoms with Gasteiger partial charge in [-0.2, -0.15) is 0 Å². The molecule has 4 heteroatoms. The molecule has 2 aromatic rings. The summed E-state index contributed by atoms with van der Waals surface area (Å²) in [7, 11) is 0. The second kappa shape index (κ2) is 7.92. The Balaban J connectivity index is 1.89. The Hall–Kier alpha value is -1.91. The van der Waals surface area contributed by atoms with Crippen molar-refractivity contribution in [1.29, 1.82) is 0 Å². The van der Waals surface area contributed by atoms with E-state index < -0.39 is 6.10 Å². The third-order valence-electron chi connectivity index (χ3n) is 3.38. The van der Waals surface area contributed by atoms with Crippen molar-refractivity contribution in [3.05, 3.63) is 59.4 Å². The Labute approximate surface area is 132 Å². The van der Waals surface area contributed by atoms with Crippen molar-refractivity contribution in [2.75, 3.05) is 6.54 Å². The number of aromatic nitrogens is 1. The van der Waals surface area contributed by atoms with Gasteiger partial charge >= 0.3 is 0 Å². The molecule has 0 fully saturated rings. The third-order valence-corrected chi connectivity index (χ3v) is 3.38. The maximum absolute atomic E-state index is 10.3. The Kier molecular flexibility index (Phi) is 5.92. The van der Waals surface area contributed by atoms with Gasteiger partial charge in [0, 0.05) is 25.0 Å². The molecular weight excluding hydrogens is 276 g/mol. The van der Waals surface area contributed by atoms with Crippen LogP contribution in [0.25, 0.3) is 0 Å². The zero-order valence-corrected chi connectivity index (χ0v) is 13.4. The average Bonchev–Trinajstić information content (AvgIpc) is 2.48. The first kappa shape index (κ1) is 16.5. The largest absolute Gasteiger partial charge is 0.491 e. The zero-order valence-electron chi connectivity index (χ0n) is 13.4. The van der Waals surface area contributed by atoms with Gasteiger partial charge in [0.1, 0.15) is 5.75 Å². The van der Waals surface area contributed by atoms with E-state index in [0.29, 0.717) is 13.1 Å². The number of nitrogens with zero attached hydrogens (tertiary/aromatic N) is 1. The lowest BCUT2D eigenvalue weighted by molar-refractivity contribution is 0.173. The van der Waals surface area contributed by atoms with Gasteiger partial charge in [-0.1, -0.05) is 18.2 Å². The predicted molar refractivity (Wildman–Crippen MR) is 87.8 cm³/mol. The van der Waals surface area contributed by atoms with Crippen LogP contribution in [-0.4, -0.2) is 22.7 Å². The van der Waals surface area contributed by atoms with E-state index in [2.05, 4.69) is 10.3 Å². The molecule has 1 unspecified atom stereocenters. The number of aryl methyl sites for hydroxylation is 1. The van der Waals surface area contributed by atoms with E-state index in [0.717, 1.165) is 22.6 Å². The van der Waals surface area contributed by atoms with Crippen LogP contribution in [0.2, 0.25) is 0 Å². The minimum atomic E-state index is -0.562. The van der Waals surface area contributed by atoms with E-state index in [9.17, 15) is 5.11 Å². The highest BCUT2D eigenvalue weighted by Gasteiger charge is 2.09. The number of benzene rings is 1. The van der Waals surface area contributed by atoms with Crippen molar-refractivity contribution in [3.8, 4) is 5.75 Å². The molecule has 118 valence electrons. The molecule has 1 aromatic carbocycles. The number of ether oxygens (including phenoxy) is 1. The molecule has 1 aromatic heterocycles. The number of nitrogens with one attached hydrogen (secondary N) is 1. The van der Waals surface area contributed by atoms with Gasteiger partial charge in [-0.15, -0.1) is 0 Å². The molecule has 2 rings (SSSR count). The first-order chi connectivity index (χ1) is 10.6. The highest BCUT2D eigenvalue weighted by molar-refractivity contribution is 5.30. The molecule has 2 N–H and O–H groups in total. The quantitative estimate of drug-likeness (QED) is 0.825. The summed E-state index contributed by atoms with van der Waals surface area (Å²) in [4.78, 5) is 4.26. The normalized spacial score (nSPS) is 12.4. The van der Waals surface area contributed by atoms with Gasteiger partial charge in [-0.25, -0.2) is 0 Å². The highest BCUT2D eigenvalue weighted by atomic mass is 16.5. The summed E-state index contributed by atoms with van der Waals surface area (Å²) >= 11 is 0. The summed E-state index contributed by atoms with van der Waals surface area (Å²) in [5.74, 6) is 0.787. The van der Waals surface area contributed by atoms with Crippen LogP contribution in [0.4, 0.5) is 0 Å². The van der Waals surface area contributed by atoms with Crippen LogP contribution in [0.3, 0.4) is 0 Å². The summed E-state index contributed by atoms with van der Waals surface area (Å²) in [6.45, 7) is 7.14. The standard InChI is InChI=1S/C18H24N2O2/c1-13(2)22-17-8-4-6-15(10-17)18(21)12-19-11-16-7-5-9-20-14(16)3/h4-10,13,18-19,21H,11-12H2,1-3H3. The van der Waals surface area contributed by atoms with Gasteiger partial charge in [0.05, 0.1) is 12.2 Å². The summed E-state index contributed by atoms with van der Waals surface area (Å²) < 4.78 is 5.65. The summed E-state index contributed by atoms with van der Waals surface area (Å²) in [5, 5.41) is 13.6. The average molecular weight is 300 g/mol. The third kappa shape index (κ3) is 4.83. The van der Waals surface area contributed by atoms with Crippen LogP contribution < -0.4 is 10.1 Å². The maximum Gasteiger partial charge on any atom is 0.120 e. The van der Waals surface area contributed by atoms with Crippen LogP contribution in [-0.2, 0) is 6.54 Å². The van der Waals surface area contributed by atoms with Gasteiger partial charge in [-0.05, 0) is 50.1 Å². The number of aliphatic hydroxyl groups is 1. The molecule has 4 nitrogen and oxygen atoms in total. The van der Waals surface area contributed by atoms with Crippen LogP contribution in [0.5, 0.6) is 5.75 Å². The minimum Gasteiger partial charge on any atom is -0.491 e. The van der Waals surface area contributed by atoms with Gasteiger partial charge in [0.15, 0.2) is 0 Å². The fourth-order valence-electron chi connectivity index (χ4n) is 2.23. The lowest BCUT2D eigenvalue weighted by atomic mass is 10.1. The molecule has 1 heterocycles. The topological polar surface area (TPSA) is 54.4 Å². The van der Waals surface area contributed by atoms with E-state index in [4.69, 9.17) is 4.74 Å². The molecule has 0 aliphatic heterocycles.